The number of rotatable bonds is 3. The number of hydrogen-bond donors (Lipinski definition) is 1. The van der Waals surface area contributed by atoms with Crippen LogP contribution in [0.25, 0.3) is 0 Å². The number of sulfonamides is 1. The molecule has 0 atom stereocenters. The van der Waals surface area contributed by atoms with Crippen molar-refractivity contribution >= 4 is 15.7 Å². The first-order chi connectivity index (χ1) is 9.68. The molecular formula is C15H18N2O3S. The Morgan fingerprint density at radius 1 is 1.10 bits per heavy atom. The number of aromatic nitrogens is 1. The van der Waals surface area contributed by atoms with E-state index in [0.717, 1.165) is 5.56 Å². The Hall–Kier alpha value is -2.08. The molecule has 21 heavy (non-hydrogen) atoms. The molecule has 0 amide bonds. The Morgan fingerprint density at radius 2 is 1.71 bits per heavy atom. The molecule has 0 unspecified atom stereocenters. The molecule has 1 aromatic heterocycles. The van der Waals surface area contributed by atoms with E-state index in [1.54, 1.807) is 24.3 Å². The highest BCUT2D eigenvalue weighted by Crippen LogP contribution is 2.24. The van der Waals surface area contributed by atoms with E-state index in [1.807, 2.05) is 0 Å². The molecule has 0 spiro atoms. The van der Waals surface area contributed by atoms with Crippen LogP contribution in [-0.4, -0.2) is 8.42 Å². The maximum Gasteiger partial charge on any atom is 0.262 e. The molecule has 0 aliphatic heterocycles. The molecule has 5 nitrogen and oxygen atoms in total. The summed E-state index contributed by atoms with van der Waals surface area (Å²) in [6, 6.07) is 9.73. The van der Waals surface area contributed by atoms with E-state index in [-0.39, 0.29) is 16.0 Å². The number of hydrogen-bond acceptors (Lipinski definition) is 3. The van der Waals surface area contributed by atoms with Gasteiger partial charge in [0.2, 0.25) is 6.20 Å². The predicted molar refractivity (Wildman–Crippen MR) is 81.4 cm³/mol. The standard InChI is InChI=1S/C15H18N2O3S/c1-15(2,3)12-6-8-14(9-7-12)21(19,20)16-13-5-4-10-17(18)11-13/h4-11,16H,1-3H3. The molecule has 0 fully saturated rings. The van der Waals surface area contributed by atoms with Gasteiger partial charge in [0.05, 0.1) is 4.90 Å². The van der Waals surface area contributed by atoms with Gasteiger partial charge in [-0.1, -0.05) is 32.9 Å². The van der Waals surface area contributed by atoms with Crippen molar-refractivity contribution in [3.05, 3.63) is 59.6 Å². The van der Waals surface area contributed by atoms with Gasteiger partial charge < -0.3 is 5.21 Å². The van der Waals surface area contributed by atoms with Gasteiger partial charge in [0.25, 0.3) is 10.0 Å². The highest BCUT2D eigenvalue weighted by Gasteiger charge is 2.18. The highest BCUT2D eigenvalue weighted by atomic mass is 32.2. The van der Waals surface area contributed by atoms with E-state index in [2.05, 4.69) is 25.5 Å². The van der Waals surface area contributed by atoms with Crippen LogP contribution in [0.15, 0.2) is 53.7 Å². The predicted octanol–water partition coefficient (Wildman–Crippen LogP) is 2.42. The first-order valence-electron chi connectivity index (χ1n) is 6.51. The molecule has 0 aliphatic rings. The minimum atomic E-state index is -3.69. The average Bonchev–Trinajstić information content (AvgIpc) is 2.37. The zero-order valence-electron chi connectivity index (χ0n) is 12.2. The van der Waals surface area contributed by atoms with Gasteiger partial charge in [0, 0.05) is 6.07 Å². The van der Waals surface area contributed by atoms with Gasteiger partial charge in [0.1, 0.15) is 5.69 Å². The van der Waals surface area contributed by atoms with Gasteiger partial charge in [0.15, 0.2) is 6.20 Å². The zero-order chi connectivity index (χ0) is 15.7. The lowest BCUT2D eigenvalue weighted by molar-refractivity contribution is -0.604. The second kappa shape index (κ2) is 5.37. The fraction of sp³-hybridized carbons (Fsp3) is 0.267. The van der Waals surface area contributed by atoms with E-state index in [9.17, 15) is 13.6 Å². The van der Waals surface area contributed by atoms with Crippen LogP contribution in [0.5, 0.6) is 0 Å². The SMILES string of the molecule is CC(C)(C)c1ccc(S(=O)(=O)Nc2ccc[n+]([O-])c2)cc1. The molecule has 0 aliphatic carbocycles. The van der Waals surface area contributed by atoms with Gasteiger partial charge >= 0.3 is 0 Å². The summed E-state index contributed by atoms with van der Waals surface area (Å²) >= 11 is 0. The molecule has 0 saturated carbocycles. The lowest BCUT2D eigenvalue weighted by Gasteiger charge is -2.19. The smallest absolute Gasteiger partial charge is 0.262 e. The Labute approximate surface area is 124 Å². The molecule has 0 bridgehead atoms. The largest absolute Gasteiger partial charge is 0.619 e. The number of nitrogens with one attached hydrogen (secondary N) is 1. The van der Waals surface area contributed by atoms with Crippen molar-refractivity contribution in [3.8, 4) is 0 Å². The van der Waals surface area contributed by atoms with Crippen LogP contribution >= 0.6 is 0 Å². The highest BCUT2D eigenvalue weighted by molar-refractivity contribution is 7.92. The van der Waals surface area contributed by atoms with E-state index in [0.29, 0.717) is 4.73 Å². The number of anilines is 1. The van der Waals surface area contributed by atoms with E-state index in [1.165, 1.54) is 24.5 Å². The third-order valence-electron chi connectivity index (χ3n) is 3.06. The maximum absolute atomic E-state index is 12.3. The zero-order valence-corrected chi connectivity index (χ0v) is 13.0. The van der Waals surface area contributed by atoms with Crippen LogP contribution in [0.3, 0.4) is 0 Å². The summed E-state index contributed by atoms with van der Waals surface area (Å²) in [5.41, 5.74) is 1.24. The van der Waals surface area contributed by atoms with Gasteiger partial charge in [-0.25, -0.2) is 8.42 Å². The molecule has 2 aromatic rings. The van der Waals surface area contributed by atoms with Crippen molar-refractivity contribution in [1.29, 1.82) is 0 Å². The molecule has 112 valence electrons. The van der Waals surface area contributed by atoms with Gasteiger partial charge in [-0.05, 0) is 29.2 Å². The summed E-state index contributed by atoms with van der Waals surface area (Å²) in [6.07, 6.45) is 2.46. The second-order valence-electron chi connectivity index (χ2n) is 5.83. The molecule has 1 heterocycles. The van der Waals surface area contributed by atoms with Crippen LogP contribution in [0.2, 0.25) is 0 Å². The van der Waals surface area contributed by atoms with Crippen molar-refractivity contribution in [1.82, 2.24) is 0 Å². The van der Waals surface area contributed by atoms with Gasteiger partial charge in [-0.2, -0.15) is 4.73 Å². The summed E-state index contributed by atoms with van der Waals surface area (Å²) in [5, 5.41) is 11.1. The molecule has 1 N–H and O–H groups in total. The first kappa shape index (κ1) is 15.3. The summed E-state index contributed by atoms with van der Waals surface area (Å²) in [5.74, 6) is 0. The lowest BCUT2D eigenvalue weighted by Crippen LogP contribution is -2.25. The van der Waals surface area contributed by atoms with Crippen molar-refractivity contribution in [2.24, 2.45) is 0 Å². The van der Waals surface area contributed by atoms with E-state index < -0.39 is 10.0 Å². The van der Waals surface area contributed by atoms with Crippen molar-refractivity contribution in [3.63, 3.8) is 0 Å². The van der Waals surface area contributed by atoms with Crippen molar-refractivity contribution in [2.75, 3.05) is 4.72 Å². The number of benzene rings is 1. The van der Waals surface area contributed by atoms with Gasteiger partial charge in [-0.3, -0.25) is 4.72 Å². The summed E-state index contributed by atoms with van der Waals surface area (Å²) < 4.78 is 27.4. The van der Waals surface area contributed by atoms with Crippen LogP contribution < -0.4 is 9.45 Å². The lowest BCUT2D eigenvalue weighted by atomic mass is 9.87. The maximum atomic E-state index is 12.3. The number of pyridine rings is 1. The molecule has 2 rings (SSSR count). The van der Waals surface area contributed by atoms with Crippen LogP contribution in [-0.2, 0) is 15.4 Å². The van der Waals surface area contributed by atoms with Gasteiger partial charge in [-0.15, -0.1) is 0 Å². The minimum Gasteiger partial charge on any atom is -0.619 e. The van der Waals surface area contributed by atoms with Crippen molar-refractivity contribution < 1.29 is 13.1 Å². The molecule has 1 aromatic carbocycles. The van der Waals surface area contributed by atoms with Crippen molar-refractivity contribution in [2.45, 2.75) is 31.1 Å². The molecule has 0 saturated heterocycles. The Bertz CT molecular complexity index is 732. The van der Waals surface area contributed by atoms with Crippen LogP contribution in [0.1, 0.15) is 26.3 Å². The fourth-order valence-electron chi connectivity index (χ4n) is 1.86. The topological polar surface area (TPSA) is 73.1 Å². The molecular weight excluding hydrogens is 288 g/mol. The minimum absolute atomic E-state index is 0.0384. The summed E-state index contributed by atoms with van der Waals surface area (Å²) in [7, 11) is -3.69. The molecule has 0 radical (unpaired) electrons. The van der Waals surface area contributed by atoms with Crippen LogP contribution in [0.4, 0.5) is 5.69 Å². The summed E-state index contributed by atoms with van der Waals surface area (Å²) in [4.78, 5) is 0.164. The average molecular weight is 306 g/mol. The Balaban J connectivity index is 2.28. The van der Waals surface area contributed by atoms with Crippen LogP contribution in [0, 0.1) is 5.21 Å². The fourth-order valence-corrected chi connectivity index (χ4v) is 2.91. The third kappa shape index (κ3) is 3.72. The monoisotopic (exact) mass is 306 g/mol. The van der Waals surface area contributed by atoms with E-state index >= 15 is 0 Å². The summed E-state index contributed by atoms with van der Waals surface area (Å²) in [6.45, 7) is 6.18. The Morgan fingerprint density at radius 3 is 2.24 bits per heavy atom. The third-order valence-corrected chi connectivity index (χ3v) is 4.46. The Kier molecular flexibility index (Phi) is 3.91. The second-order valence-corrected chi connectivity index (χ2v) is 7.51. The molecule has 6 heteroatoms. The van der Waals surface area contributed by atoms with E-state index in [4.69, 9.17) is 0 Å². The normalized spacial score (nSPS) is 12.1. The number of nitrogens with zero attached hydrogens (tertiary/aromatic N) is 1. The quantitative estimate of drug-likeness (QED) is 0.699. The first-order valence-corrected chi connectivity index (χ1v) is 7.99.